The summed E-state index contributed by atoms with van der Waals surface area (Å²) in [6, 6.07) is 3.68. The summed E-state index contributed by atoms with van der Waals surface area (Å²) in [5.74, 6) is -0.671. The van der Waals surface area contributed by atoms with Gasteiger partial charge in [-0.3, -0.25) is 9.36 Å². The number of hydrogen-bond acceptors (Lipinski definition) is 5. The van der Waals surface area contributed by atoms with Crippen LogP contribution in [0, 0.1) is 12.3 Å². The highest BCUT2D eigenvalue weighted by molar-refractivity contribution is 5.93. The van der Waals surface area contributed by atoms with Crippen molar-refractivity contribution < 1.29 is 19.4 Å². The lowest BCUT2D eigenvalue weighted by molar-refractivity contribution is -0.122. The number of benzene rings is 1. The van der Waals surface area contributed by atoms with Crippen molar-refractivity contribution in [2.24, 2.45) is 11.1 Å². The highest BCUT2D eigenvalue weighted by Crippen LogP contribution is 2.26. The van der Waals surface area contributed by atoms with E-state index in [4.69, 9.17) is 10.5 Å². The van der Waals surface area contributed by atoms with Crippen LogP contribution in [-0.4, -0.2) is 51.0 Å². The van der Waals surface area contributed by atoms with E-state index in [0.29, 0.717) is 43.5 Å². The van der Waals surface area contributed by atoms with Gasteiger partial charge in [0.2, 0.25) is 5.91 Å². The Balaban J connectivity index is 2.00. The van der Waals surface area contributed by atoms with Crippen LogP contribution in [0.1, 0.15) is 45.6 Å². The van der Waals surface area contributed by atoms with Crippen LogP contribution in [0.4, 0.5) is 4.79 Å². The number of nitrogens with one attached hydrogen (secondary N) is 1. The predicted octanol–water partition coefficient (Wildman–Crippen LogP) is 1.50. The Labute approximate surface area is 181 Å². The summed E-state index contributed by atoms with van der Waals surface area (Å²) >= 11 is 0. The van der Waals surface area contributed by atoms with E-state index in [9.17, 15) is 19.5 Å². The van der Waals surface area contributed by atoms with E-state index in [1.807, 2.05) is 13.0 Å². The number of amides is 2. The summed E-state index contributed by atoms with van der Waals surface area (Å²) in [4.78, 5) is 38.3. The number of fused-ring (bicyclic) bond motifs is 1. The minimum absolute atomic E-state index is 0.259. The second-order valence-corrected chi connectivity index (χ2v) is 9.45. The summed E-state index contributed by atoms with van der Waals surface area (Å²) in [7, 11) is 0. The number of rotatable bonds is 5. The number of nitrogens with zero attached hydrogens (tertiary/aromatic N) is 2. The van der Waals surface area contributed by atoms with Crippen LogP contribution in [0.25, 0.3) is 11.0 Å². The summed E-state index contributed by atoms with van der Waals surface area (Å²) in [5, 5.41) is 13.4. The van der Waals surface area contributed by atoms with Gasteiger partial charge in [0.25, 0.3) is 0 Å². The quantitative estimate of drug-likeness (QED) is 0.660. The van der Waals surface area contributed by atoms with Crippen LogP contribution in [0.2, 0.25) is 0 Å². The normalized spacial score (nSPS) is 17.5. The lowest BCUT2D eigenvalue weighted by Crippen LogP contribution is -2.54. The molecular weight excluding hydrogens is 400 g/mol. The number of para-hydroxylation sites is 1. The van der Waals surface area contributed by atoms with Gasteiger partial charge < -0.3 is 20.9 Å². The molecule has 1 saturated heterocycles. The standard InChI is InChI=1S/C22H32N4O5/c1-14-6-5-7-15-16(14)25(11-8-22(30)9-12-31-13-10-22)20(29)26(15)19(28)24-17(18(23)27)21(2,3)4/h5-7,17,30H,8-13H2,1-4H3,(H2,23,27)(H,24,28)/t17-/m1/s1. The fourth-order valence-electron chi connectivity index (χ4n) is 4.12. The van der Waals surface area contributed by atoms with E-state index in [1.165, 1.54) is 4.57 Å². The van der Waals surface area contributed by atoms with E-state index < -0.39 is 34.7 Å². The molecule has 1 fully saturated rings. The zero-order valence-corrected chi connectivity index (χ0v) is 18.6. The number of ether oxygens (including phenoxy) is 1. The van der Waals surface area contributed by atoms with Crippen LogP contribution >= 0.6 is 0 Å². The van der Waals surface area contributed by atoms with Gasteiger partial charge in [-0.15, -0.1) is 0 Å². The lowest BCUT2D eigenvalue weighted by Gasteiger charge is -2.32. The number of imidazole rings is 1. The molecular formula is C22H32N4O5. The van der Waals surface area contributed by atoms with Crippen molar-refractivity contribution in [2.75, 3.05) is 13.2 Å². The molecule has 4 N–H and O–H groups in total. The van der Waals surface area contributed by atoms with Gasteiger partial charge >= 0.3 is 11.7 Å². The van der Waals surface area contributed by atoms with Crippen LogP contribution < -0.4 is 16.7 Å². The number of aliphatic hydroxyl groups is 1. The van der Waals surface area contributed by atoms with E-state index in [2.05, 4.69) is 5.32 Å². The Morgan fingerprint density at radius 2 is 1.94 bits per heavy atom. The van der Waals surface area contributed by atoms with Crippen molar-refractivity contribution in [3.8, 4) is 0 Å². The molecule has 1 atom stereocenters. The zero-order valence-electron chi connectivity index (χ0n) is 18.6. The fourth-order valence-corrected chi connectivity index (χ4v) is 4.12. The maximum absolute atomic E-state index is 13.3. The second kappa shape index (κ2) is 8.47. The zero-order chi connectivity index (χ0) is 23.0. The minimum Gasteiger partial charge on any atom is -0.390 e. The molecule has 1 aliphatic heterocycles. The van der Waals surface area contributed by atoms with Gasteiger partial charge in [0.15, 0.2) is 0 Å². The highest BCUT2D eigenvalue weighted by atomic mass is 16.5. The Morgan fingerprint density at radius 1 is 1.29 bits per heavy atom. The first-order chi connectivity index (χ1) is 14.4. The molecule has 31 heavy (non-hydrogen) atoms. The first-order valence-electron chi connectivity index (χ1n) is 10.6. The first kappa shape index (κ1) is 23.0. The van der Waals surface area contributed by atoms with Crippen molar-refractivity contribution in [3.63, 3.8) is 0 Å². The fraction of sp³-hybridized carbons (Fsp3) is 0.591. The Bertz CT molecular complexity index is 1040. The largest absolute Gasteiger partial charge is 0.390 e. The monoisotopic (exact) mass is 432 g/mol. The molecule has 0 aliphatic carbocycles. The number of carbonyl (C=O) groups excluding carboxylic acids is 2. The Morgan fingerprint density at radius 3 is 2.52 bits per heavy atom. The predicted molar refractivity (Wildman–Crippen MR) is 117 cm³/mol. The van der Waals surface area contributed by atoms with Gasteiger partial charge in [-0.25, -0.2) is 14.2 Å². The molecule has 1 aromatic carbocycles. The van der Waals surface area contributed by atoms with Crippen molar-refractivity contribution in [1.29, 1.82) is 0 Å². The maximum Gasteiger partial charge on any atom is 0.337 e. The molecule has 1 aliphatic rings. The molecule has 0 unspecified atom stereocenters. The number of nitrogens with two attached hydrogens (primary N) is 1. The molecule has 9 nitrogen and oxygen atoms in total. The second-order valence-electron chi connectivity index (χ2n) is 9.45. The molecule has 9 heteroatoms. The third-order valence-electron chi connectivity index (χ3n) is 6.00. The van der Waals surface area contributed by atoms with Crippen molar-refractivity contribution >= 4 is 23.0 Å². The van der Waals surface area contributed by atoms with Crippen molar-refractivity contribution in [2.45, 2.75) is 65.1 Å². The number of carbonyl (C=O) groups is 2. The van der Waals surface area contributed by atoms with Crippen LogP contribution in [0.5, 0.6) is 0 Å². The van der Waals surface area contributed by atoms with E-state index in [-0.39, 0.29) is 6.54 Å². The first-order valence-corrected chi connectivity index (χ1v) is 10.6. The number of aryl methyl sites for hydroxylation is 2. The molecule has 0 spiro atoms. The van der Waals surface area contributed by atoms with Crippen LogP contribution in [-0.2, 0) is 16.1 Å². The minimum atomic E-state index is -0.946. The topological polar surface area (TPSA) is 129 Å². The molecule has 1 aromatic heterocycles. The summed E-state index contributed by atoms with van der Waals surface area (Å²) in [6.07, 6.45) is 1.38. The van der Waals surface area contributed by atoms with Gasteiger partial charge in [-0.1, -0.05) is 32.9 Å². The molecule has 0 saturated carbocycles. The average Bonchev–Trinajstić information content (AvgIpc) is 2.96. The molecule has 3 rings (SSSR count). The molecule has 0 radical (unpaired) electrons. The molecule has 0 bridgehead atoms. The third-order valence-corrected chi connectivity index (χ3v) is 6.00. The maximum atomic E-state index is 13.3. The Kier molecular flexibility index (Phi) is 6.29. The van der Waals surface area contributed by atoms with Gasteiger partial charge in [0.1, 0.15) is 6.04 Å². The third kappa shape index (κ3) is 4.67. The van der Waals surface area contributed by atoms with E-state index >= 15 is 0 Å². The smallest absolute Gasteiger partial charge is 0.337 e. The van der Waals surface area contributed by atoms with E-state index in [0.717, 1.165) is 10.1 Å². The van der Waals surface area contributed by atoms with Gasteiger partial charge in [-0.05, 0) is 43.2 Å². The number of aromatic nitrogens is 2. The highest BCUT2D eigenvalue weighted by Gasteiger charge is 2.33. The molecule has 2 heterocycles. The number of primary amides is 1. The number of hydrogen-bond donors (Lipinski definition) is 3. The summed E-state index contributed by atoms with van der Waals surface area (Å²) in [6.45, 7) is 8.45. The van der Waals surface area contributed by atoms with Gasteiger partial charge in [-0.2, -0.15) is 0 Å². The van der Waals surface area contributed by atoms with E-state index in [1.54, 1.807) is 32.9 Å². The SMILES string of the molecule is Cc1cccc2c1n(CCC1(O)CCOCC1)c(=O)n2C(=O)N[C@H](C(N)=O)C(C)(C)C. The lowest BCUT2D eigenvalue weighted by atomic mass is 9.86. The van der Waals surface area contributed by atoms with Crippen LogP contribution in [0.15, 0.2) is 23.0 Å². The molecule has 170 valence electrons. The Hall–Kier alpha value is -2.65. The van der Waals surface area contributed by atoms with Crippen LogP contribution in [0.3, 0.4) is 0 Å². The summed E-state index contributed by atoms with van der Waals surface area (Å²) < 4.78 is 7.89. The van der Waals surface area contributed by atoms with Crippen molar-refractivity contribution in [1.82, 2.24) is 14.5 Å². The molecule has 2 amide bonds. The average molecular weight is 433 g/mol. The van der Waals surface area contributed by atoms with Crippen molar-refractivity contribution in [3.05, 3.63) is 34.2 Å². The summed E-state index contributed by atoms with van der Waals surface area (Å²) in [5.41, 5.74) is 5.36. The van der Waals surface area contributed by atoms with Gasteiger partial charge in [0.05, 0.1) is 16.6 Å². The molecule has 2 aromatic rings. The van der Waals surface area contributed by atoms with Gasteiger partial charge in [0, 0.05) is 19.8 Å².